The Balaban J connectivity index is 1.52. The Morgan fingerprint density at radius 1 is 1.09 bits per heavy atom. The van der Waals surface area contributed by atoms with Crippen molar-refractivity contribution in [3.63, 3.8) is 0 Å². The molecule has 0 aromatic heterocycles. The third-order valence-electron chi connectivity index (χ3n) is 4.68. The number of benzene rings is 2. The summed E-state index contributed by atoms with van der Waals surface area (Å²) >= 11 is 0.883. The summed E-state index contributed by atoms with van der Waals surface area (Å²) in [5.74, 6) is -0.688. The molecule has 1 heterocycles. The summed E-state index contributed by atoms with van der Waals surface area (Å²) in [6.45, 7) is 1.99. The Kier molecular flexibility index (Phi) is 7.85. The number of anilines is 1. The van der Waals surface area contributed by atoms with E-state index in [-0.39, 0.29) is 34.9 Å². The molecule has 33 heavy (non-hydrogen) atoms. The van der Waals surface area contributed by atoms with Crippen LogP contribution in [-0.4, -0.2) is 36.9 Å². The van der Waals surface area contributed by atoms with E-state index in [4.69, 9.17) is 5.14 Å². The lowest BCUT2D eigenvalue weighted by molar-refractivity contribution is -0.123. The van der Waals surface area contributed by atoms with Gasteiger partial charge in [-0.1, -0.05) is 36.4 Å². The van der Waals surface area contributed by atoms with Crippen LogP contribution in [-0.2, 0) is 19.6 Å². The maximum absolute atomic E-state index is 12.6. The molecule has 3 rings (SSSR count). The summed E-state index contributed by atoms with van der Waals surface area (Å²) in [7, 11) is -3.80. The molecule has 0 bridgehead atoms. The first-order chi connectivity index (χ1) is 15.6. The van der Waals surface area contributed by atoms with Crippen molar-refractivity contribution in [2.45, 2.75) is 24.7 Å². The average Bonchev–Trinajstić information content (AvgIpc) is 3.01. The van der Waals surface area contributed by atoms with Gasteiger partial charge >= 0.3 is 0 Å². The molecule has 1 saturated heterocycles. The van der Waals surface area contributed by atoms with Crippen LogP contribution in [0.5, 0.6) is 0 Å². The Morgan fingerprint density at radius 2 is 1.76 bits per heavy atom. The van der Waals surface area contributed by atoms with Crippen LogP contribution in [0.15, 0.2) is 76.0 Å². The maximum atomic E-state index is 12.6. The van der Waals surface area contributed by atoms with Gasteiger partial charge in [-0.05, 0) is 66.6 Å². The van der Waals surface area contributed by atoms with E-state index in [1.165, 1.54) is 24.3 Å². The van der Waals surface area contributed by atoms with E-state index < -0.39 is 10.0 Å². The molecule has 0 saturated carbocycles. The molecule has 1 fully saturated rings. The number of primary sulfonamides is 1. The van der Waals surface area contributed by atoms with Crippen LogP contribution < -0.4 is 10.5 Å². The molecule has 0 spiro atoms. The maximum Gasteiger partial charge on any atom is 0.293 e. The van der Waals surface area contributed by atoms with Crippen LogP contribution in [0.4, 0.5) is 10.5 Å². The van der Waals surface area contributed by atoms with Gasteiger partial charge in [0, 0.05) is 18.7 Å². The molecule has 0 aliphatic carbocycles. The van der Waals surface area contributed by atoms with Crippen molar-refractivity contribution in [3.8, 4) is 0 Å². The molecule has 2 aromatic carbocycles. The fraction of sp³-hybridized carbons (Fsp3) is 0.174. The zero-order chi connectivity index (χ0) is 24.0. The second-order valence-electron chi connectivity index (χ2n) is 7.35. The van der Waals surface area contributed by atoms with Crippen LogP contribution in [0.25, 0.3) is 6.08 Å². The molecular weight excluding hydrogens is 462 g/mol. The number of nitrogens with two attached hydrogens (primary N) is 1. The van der Waals surface area contributed by atoms with Crippen LogP contribution >= 0.6 is 11.8 Å². The SMILES string of the molecule is CC(=C\c1ccccc1)/C=C1/SC(=O)N(CCCC(=O)Nc2ccc(S(N)(=O)=O)cc2)C1=O. The minimum atomic E-state index is -3.80. The first kappa shape index (κ1) is 24.4. The molecule has 3 amide bonds. The second kappa shape index (κ2) is 10.6. The molecule has 0 unspecified atom stereocenters. The van der Waals surface area contributed by atoms with Gasteiger partial charge in [0.15, 0.2) is 0 Å². The fourth-order valence-electron chi connectivity index (χ4n) is 3.10. The number of hydrogen-bond donors (Lipinski definition) is 2. The minimum Gasteiger partial charge on any atom is -0.326 e. The molecule has 0 radical (unpaired) electrons. The van der Waals surface area contributed by atoms with Crippen LogP contribution in [0.2, 0.25) is 0 Å². The van der Waals surface area contributed by atoms with E-state index in [1.807, 2.05) is 43.3 Å². The first-order valence-electron chi connectivity index (χ1n) is 10.0. The van der Waals surface area contributed by atoms with Crippen molar-refractivity contribution in [2.24, 2.45) is 5.14 Å². The van der Waals surface area contributed by atoms with Crippen LogP contribution in [0.3, 0.4) is 0 Å². The zero-order valence-corrected chi connectivity index (χ0v) is 19.5. The van der Waals surface area contributed by atoms with E-state index in [2.05, 4.69) is 5.32 Å². The number of carbonyl (C=O) groups excluding carboxylic acids is 3. The molecule has 0 atom stereocenters. The lowest BCUT2D eigenvalue weighted by atomic mass is 10.1. The number of amides is 3. The predicted molar refractivity (Wildman–Crippen MR) is 129 cm³/mol. The van der Waals surface area contributed by atoms with Crippen LogP contribution in [0, 0.1) is 0 Å². The Labute approximate surface area is 196 Å². The van der Waals surface area contributed by atoms with E-state index in [1.54, 1.807) is 6.08 Å². The van der Waals surface area contributed by atoms with Crippen molar-refractivity contribution in [2.75, 3.05) is 11.9 Å². The van der Waals surface area contributed by atoms with E-state index in [9.17, 15) is 22.8 Å². The predicted octanol–water partition coefficient (Wildman–Crippen LogP) is 3.74. The Bertz CT molecular complexity index is 1220. The van der Waals surface area contributed by atoms with Crippen molar-refractivity contribution in [3.05, 3.63) is 76.7 Å². The van der Waals surface area contributed by atoms with Crippen molar-refractivity contribution >= 4 is 50.6 Å². The second-order valence-corrected chi connectivity index (χ2v) is 9.91. The molecule has 172 valence electrons. The van der Waals surface area contributed by atoms with Gasteiger partial charge in [0.1, 0.15) is 0 Å². The number of imide groups is 1. The number of carbonyl (C=O) groups is 3. The summed E-state index contributed by atoms with van der Waals surface area (Å²) < 4.78 is 22.5. The summed E-state index contributed by atoms with van der Waals surface area (Å²) in [6, 6.07) is 15.1. The molecule has 2 aromatic rings. The van der Waals surface area contributed by atoms with Gasteiger partial charge in [-0.3, -0.25) is 19.3 Å². The third kappa shape index (κ3) is 6.88. The van der Waals surface area contributed by atoms with E-state index in [0.717, 1.165) is 27.8 Å². The zero-order valence-electron chi connectivity index (χ0n) is 17.9. The highest BCUT2D eigenvalue weighted by Gasteiger charge is 2.34. The smallest absolute Gasteiger partial charge is 0.293 e. The van der Waals surface area contributed by atoms with Gasteiger partial charge in [-0.25, -0.2) is 13.6 Å². The largest absolute Gasteiger partial charge is 0.326 e. The van der Waals surface area contributed by atoms with Gasteiger partial charge in [0.2, 0.25) is 15.9 Å². The standard InChI is InChI=1S/C23H23N3O5S2/c1-16(14-17-6-3-2-4-7-17)15-20-22(28)26(23(29)32-20)13-5-8-21(27)25-18-9-11-19(12-10-18)33(24,30)31/h2-4,6-7,9-12,14-15H,5,8,13H2,1H3,(H,25,27)(H2,24,30,31)/b16-14+,20-15+. The number of thioether (sulfide) groups is 1. The molecule has 1 aliphatic rings. The third-order valence-corrected chi connectivity index (χ3v) is 6.52. The molecule has 8 nitrogen and oxygen atoms in total. The normalized spacial score (nSPS) is 15.9. The van der Waals surface area contributed by atoms with Gasteiger partial charge in [-0.2, -0.15) is 0 Å². The number of rotatable bonds is 8. The van der Waals surface area contributed by atoms with Crippen molar-refractivity contribution in [1.82, 2.24) is 4.90 Å². The summed E-state index contributed by atoms with van der Waals surface area (Å²) in [5, 5.41) is 7.32. The summed E-state index contributed by atoms with van der Waals surface area (Å²) in [4.78, 5) is 38.5. The number of hydrogen-bond acceptors (Lipinski definition) is 6. The highest BCUT2D eigenvalue weighted by Crippen LogP contribution is 2.32. The van der Waals surface area contributed by atoms with Gasteiger partial charge in [0.25, 0.3) is 11.1 Å². The molecule has 3 N–H and O–H groups in total. The van der Waals surface area contributed by atoms with Gasteiger partial charge < -0.3 is 5.32 Å². The molecular formula is C23H23N3O5S2. The summed E-state index contributed by atoms with van der Waals surface area (Å²) in [5.41, 5.74) is 2.26. The topological polar surface area (TPSA) is 127 Å². The minimum absolute atomic E-state index is 0.0539. The van der Waals surface area contributed by atoms with E-state index in [0.29, 0.717) is 17.0 Å². The Morgan fingerprint density at radius 3 is 2.39 bits per heavy atom. The quantitative estimate of drug-likeness (QED) is 0.549. The number of nitrogens with zero attached hydrogens (tertiary/aromatic N) is 1. The monoisotopic (exact) mass is 485 g/mol. The first-order valence-corrected chi connectivity index (χ1v) is 12.4. The summed E-state index contributed by atoms with van der Waals surface area (Å²) in [6.07, 6.45) is 4.00. The lowest BCUT2D eigenvalue weighted by Crippen LogP contribution is -2.29. The molecule has 10 heteroatoms. The Hall–Kier alpha value is -3.21. The van der Waals surface area contributed by atoms with Gasteiger partial charge in [0.05, 0.1) is 9.80 Å². The lowest BCUT2D eigenvalue weighted by Gasteiger charge is -2.12. The van der Waals surface area contributed by atoms with Gasteiger partial charge in [-0.15, -0.1) is 0 Å². The number of sulfonamides is 1. The highest BCUT2D eigenvalue weighted by molar-refractivity contribution is 8.18. The highest BCUT2D eigenvalue weighted by atomic mass is 32.2. The van der Waals surface area contributed by atoms with Crippen molar-refractivity contribution in [1.29, 1.82) is 0 Å². The average molecular weight is 486 g/mol. The molecule has 1 aliphatic heterocycles. The fourth-order valence-corrected chi connectivity index (χ4v) is 4.53. The van der Waals surface area contributed by atoms with Crippen molar-refractivity contribution < 1.29 is 22.8 Å². The van der Waals surface area contributed by atoms with Crippen LogP contribution in [0.1, 0.15) is 25.3 Å². The number of allylic oxidation sites excluding steroid dienone is 2. The number of nitrogens with one attached hydrogen (secondary N) is 1. The van der Waals surface area contributed by atoms with E-state index >= 15 is 0 Å².